The highest BCUT2D eigenvalue weighted by atomic mass is 16.6. The molecule has 0 saturated carbocycles. The van der Waals surface area contributed by atoms with Crippen molar-refractivity contribution in [3.63, 3.8) is 0 Å². The second-order valence-corrected chi connectivity index (χ2v) is 9.22. The molecule has 0 N–H and O–H groups in total. The highest BCUT2D eigenvalue weighted by molar-refractivity contribution is 5.90. The molecule has 0 aliphatic heterocycles. The first-order valence-electron chi connectivity index (χ1n) is 12.5. The normalized spacial score (nSPS) is 12.2. The Morgan fingerprint density at radius 3 is 1.70 bits per heavy atom. The molecular formula is C34H26O3. The maximum Gasteiger partial charge on any atom is 0.347 e. The average molecular weight is 483 g/mol. The first-order valence-corrected chi connectivity index (χ1v) is 12.5. The van der Waals surface area contributed by atoms with Gasteiger partial charge < -0.3 is 9.47 Å². The number of fused-ring (bicyclic) bond motifs is 3. The summed E-state index contributed by atoms with van der Waals surface area (Å²) in [6.45, 7) is 1.74. The quantitative estimate of drug-likeness (QED) is 0.224. The van der Waals surface area contributed by atoms with Gasteiger partial charge in [-0.25, -0.2) is 4.79 Å². The number of esters is 1. The van der Waals surface area contributed by atoms with Gasteiger partial charge in [0.15, 0.2) is 12.2 Å². The molecule has 6 aromatic carbocycles. The van der Waals surface area contributed by atoms with Gasteiger partial charge in [-0.05, 0) is 51.4 Å². The molecule has 0 aliphatic rings. The summed E-state index contributed by atoms with van der Waals surface area (Å²) in [5.41, 5.74) is 1.89. The second-order valence-electron chi connectivity index (χ2n) is 9.22. The summed E-state index contributed by atoms with van der Waals surface area (Å²) in [5.74, 6) is 0.217. The van der Waals surface area contributed by atoms with Gasteiger partial charge in [0, 0.05) is 11.1 Å². The van der Waals surface area contributed by atoms with Crippen LogP contribution in [0.3, 0.4) is 0 Å². The standard InChI is InChI=1S/C34H26O3/c1-23(36-28-21-20-24-10-2-3-13-27(24)22-28)34(35)37-33(31-18-8-14-25-11-4-6-16-29(25)31)32-19-9-15-26-12-5-7-17-30(26)32/h2-23,33H,1H3/t23-/m1/s1. The molecule has 0 radical (unpaired) electrons. The highest BCUT2D eigenvalue weighted by Crippen LogP contribution is 2.36. The third kappa shape index (κ3) is 4.52. The van der Waals surface area contributed by atoms with Gasteiger partial charge in [-0.15, -0.1) is 0 Å². The van der Waals surface area contributed by atoms with E-state index in [1.165, 1.54) is 0 Å². The lowest BCUT2D eigenvalue weighted by molar-refractivity contribution is -0.155. The molecular weight excluding hydrogens is 456 g/mol. The maximum atomic E-state index is 13.5. The van der Waals surface area contributed by atoms with Gasteiger partial charge in [-0.1, -0.05) is 115 Å². The van der Waals surface area contributed by atoms with Crippen molar-refractivity contribution >= 4 is 38.3 Å². The summed E-state index contributed by atoms with van der Waals surface area (Å²) in [6, 6.07) is 42.5. The van der Waals surface area contributed by atoms with Gasteiger partial charge >= 0.3 is 5.97 Å². The summed E-state index contributed by atoms with van der Waals surface area (Å²) >= 11 is 0. The summed E-state index contributed by atoms with van der Waals surface area (Å²) in [6.07, 6.45) is -1.37. The van der Waals surface area contributed by atoms with Crippen LogP contribution in [0.5, 0.6) is 5.75 Å². The molecule has 0 fully saturated rings. The number of rotatable bonds is 6. The zero-order chi connectivity index (χ0) is 25.2. The third-order valence-corrected chi connectivity index (χ3v) is 6.81. The molecule has 0 saturated heterocycles. The van der Waals surface area contributed by atoms with Gasteiger partial charge in [-0.2, -0.15) is 0 Å². The molecule has 1 atom stereocenters. The van der Waals surface area contributed by atoms with Crippen molar-refractivity contribution in [2.45, 2.75) is 19.1 Å². The fourth-order valence-electron chi connectivity index (χ4n) is 4.96. The number of benzene rings is 6. The van der Waals surface area contributed by atoms with Crippen molar-refractivity contribution in [2.75, 3.05) is 0 Å². The van der Waals surface area contributed by atoms with Crippen molar-refractivity contribution in [3.8, 4) is 5.75 Å². The summed E-state index contributed by atoms with van der Waals surface area (Å²) < 4.78 is 12.4. The molecule has 0 unspecified atom stereocenters. The van der Waals surface area contributed by atoms with E-state index in [-0.39, 0.29) is 0 Å². The third-order valence-electron chi connectivity index (χ3n) is 6.81. The van der Waals surface area contributed by atoms with Crippen LogP contribution < -0.4 is 4.74 Å². The maximum absolute atomic E-state index is 13.5. The van der Waals surface area contributed by atoms with E-state index in [1.807, 2.05) is 84.9 Å². The van der Waals surface area contributed by atoms with Crippen molar-refractivity contribution < 1.29 is 14.3 Å². The van der Waals surface area contributed by atoms with E-state index >= 15 is 0 Å². The van der Waals surface area contributed by atoms with E-state index in [0.717, 1.165) is 43.4 Å². The zero-order valence-electron chi connectivity index (χ0n) is 20.5. The van der Waals surface area contributed by atoms with Crippen LogP contribution in [0.4, 0.5) is 0 Å². The second kappa shape index (κ2) is 9.79. The predicted molar refractivity (Wildman–Crippen MR) is 150 cm³/mol. The van der Waals surface area contributed by atoms with Gasteiger partial charge in [0.1, 0.15) is 5.75 Å². The van der Waals surface area contributed by atoms with E-state index in [0.29, 0.717) is 5.75 Å². The molecule has 180 valence electrons. The Kier molecular flexibility index (Phi) is 6.03. The van der Waals surface area contributed by atoms with Crippen LogP contribution in [0.2, 0.25) is 0 Å². The Bertz CT molecular complexity index is 1650. The topological polar surface area (TPSA) is 35.5 Å². The lowest BCUT2D eigenvalue weighted by Gasteiger charge is -2.24. The van der Waals surface area contributed by atoms with Crippen LogP contribution in [0.15, 0.2) is 127 Å². The van der Waals surface area contributed by atoms with Crippen molar-refractivity contribution in [1.29, 1.82) is 0 Å². The number of hydrogen-bond acceptors (Lipinski definition) is 3. The van der Waals surface area contributed by atoms with E-state index in [1.54, 1.807) is 6.92 Å². The van der Waals surface area contributed by atoms with Crippen molar-refractivity contribution in [1.82, 2.24) is 0 Å². The molecule has 6 aromatic rings. The van der Waals surface area contributed by atoms with E-state index in [2.05, 4.69) is 42.5 Å². The lowest BCUT2D eigenvalue weighted by Crippen LogP contribution is -2.28. The van der Waals surface area contributed by atoms with Crippen LogP contribution in [0, 0.1) is 0 Å². The van der Waals surface area contributed by atoms with E-state index < -0.39 is 18.2 Å². The molecule has 3 nitrogen and oxygen atoms in total. The number of carbonyl (C=O) groups excluding carboxylic acids is 1. The monoisotopic (exact) mass is 482 g/mol. The average Bonchev–Trinajstić information content (AvgIpc) is 2.95. The van der Waals surface area contributed by atoms with Gasteiger partial charge in [0.2, 0.25) is 0 Å². The summed E-state index contributed by atoms with van der Waals surface area (Å²) in [7, 11) is 0. The molecule has 3 heteroatoms. The van der Waals surface area contributed by atoms with Crippen molar-refractivity contribution in [2.24, 2.45) is 0 Å². The molecule has 0 amide bonds. The molecule has 0 spiro atoms. The highest BCUT2D eigenvalue weighted by Gasteiger charge is 2.26. The molecule has 6 rings (SSSR count). The first kappa shape index (κ1) is 22.8. The molecule has 0 bridgehead atoms. The van der Waals surface area contributed by atoms with E-state index in [9.17, 15) is 4.79 Å². The Balaban J connectivity index is 1.37. The Hall–Kier alpha value is -4.63. The van der Waals surface area contributed by atoms with Gasteiger partial charge in [0.25, 0.3) is 0 Å². The fraction of sp³-hybridized carbons (Fsp3) is 0.0882. The largest absolute Gasteiger partial charge is 0.479 e. The lowest BCUT2D eigenvalue weighted by atomic mass is 9.92. The van der Waals surface area contributed by atoms with E-state index in [4.69, 9.17) is 9.47 Å². The van der Waals surface area contributed by atoms with Crippen LogP contribution in [0.25, 0.3) is 32.3 Å². The minimum atomic E-state index is -0.784. The summed E-state index contributed by atoms with van der Waals surface area (Å²) in [5, 5.41) is 6.49. The van der Waals surface area contributed by atoms with Gasteiger partial charge in [0.05, 0.1) is 0 Å². The van der Waals surface area contributed by atoms with Crippen LogP contribution in [-0.4, -0.2) is 12.1 Å². The zero-order valence-corrected chi connectivity index (χ0v) is 20.5. The smallest absolute Gasteiger partial charge is 0.347 e. The Labute approximate surface area is 215 Å². The number of ether oxygens (including phenoxy) is 2. The Morgan fingerprint density at radius 2 is 1.08 bits per heavy atom. The fourth-order valence-corrected chi connectivity index (χ4v) is 4.96. The Morgan fingerprint density at radius 1 is 0.568 bits per heavy atom. The number of carbonyl (C=O) groups is 1. The number of hydrogen-bond donors (Lipinski definition) is 0. The van der Waals surface area contributed by atoms with Crippen molar-refractivity contribution in [3.05, 3.63) is 139 Å². The molecule has 37 heavy (non-hydrogen) atoms. The molecule has 0 aliphatic carbocycles. The molecule has 0 heterocycles. The van der Waals surface area contributed by atoms with Crippen LogP contribution >= 0.6 is 0 Å². The minimum absolute atomic E-state index is 0.418. The summed E-state index contributed by atoms with van der Waals surface area (Å²) in [4.78, 5) is 13.5. The molecule has 0 aromatic heterocycles. The SMILES string of the molecule is C[C@@H](Oc1ccc2ccccc2c1)C(=O)OC(c1cccc2ccccc12)c1cccc2ccccc12. The van der Waals surface area contributed by atoms with Crippen LogP contribution in [0.1, 0.15) is 24.2 Å². The van der Waals surface area contributed by atoms with Gasteiger partial charge in [-0.3, -0.25) is 0 Å². The first-order chi connectivity index (χ1) is 18.2. The van der Waals surface area contributed by atoms with Crippen LogP contribution in [-0.2, 0) is 9.53 Å². The predicted octanol–water partition coefficient (Wildman–Crippen LogP) is 8.25. The minimum Gasteiger partial charge on any atom is -0.479 e.